The van der Waals surface area contributed by atoms with Crippen molar-refractivity contribution in [3.8, 4) is 0 Å². The van der Waals surface area contributed by atoms with Crippen molar-refractivity contribution in [1.82, 2.24) is 20.9 Å². The fourth-order valence-corrected chi connectivity index (χ4v) is 4.72. The first-order valence-electron chi connectivity index (χ1n) is 14.3. The maximum atomic E-state index is 13.5. The number of benzene rings is 2. The van der Waals surface area contributed by atoms with E-state index in [2.05, 4.69) is 10.6 Å². The first-order chi connectivity index (χ1) is 20.7. The Bertz CT molecular complexity index is 1300. The van der Waals surface area contributed by atoms with Crippen LogP contribution < -0.4 is 21.7 Å². The zero-order valence-corrected chi connectivity index (χ0v) is 25.1. The number of nitrogens with one attached hydrogen (secondary N) is 3. The molecule has 1 aliphatic rings. The molecule has 5 amide bonds. The number of alkyl carbamates (subject to hydrolysis) is 1. The number of carbonyl (C=O) groups excluding carboxylic acids is 5. The number of nitrogens with two attached hydrogens (primary N) is 1. The molecule has 5 atom stereocenters. The van der Waals surface area contributed by atoms with E-state index in [0.29, 0.717) is 11.1 Å². The van der Waals surface area contributed by atoms with Crippen molar-refractivity contribution in [1.29, 1.82) is 0 Å². The summed E-state index contributed by atoms with van der Waals surface area (Å²) in [5, 5.41) is 28.8. The van der Waals surface area contributed by atoms with Crippen LogP contribution >= 0.6 is 0 Å². The normalized spacial score (nSPS) is 18.5. The molecular formula is C31H41N5O8. The minimum atomic E-state index is -1.82. The summed E-state index contributed by atoms with van der Waals surface area (Å²) in [5.74, 6) is -3.05. The molecule has 0 aromatic heterocycles. The van der Waals surface area contributed by atoms with E-state index in [1.807, 2.05) is 5.32 Å². The highest BCUT2D eigenvalue weighted by Gasteiger charge is 2.43. The molecule has 0 saturated carbocycles. The molecule has 238 valence electrons. The summed E-state index contributed by atoms with van der Waals surface area (Å²) >= 11 is 0. The first kappa shape index (κ1) is 34.2. The number of hydrogen-bond donors (Lipinski definition) is 6. The van der Waals surface area contributed by atoms with Crippen LogP contribution in [0.2, 0.25) is 0 Å². The molecule has 1 fully saturated rings. The number of carbonyl (C=O) groups is 5. The third-order valence-corrected chi connectivity index (χ3v) is 6.82. The number of rotatable bonds is 11. The summed E-state index contributed by atoms with van der Waals surface area (Å²) in [4.78, 5) is 64.9. The third-order valence-electron chi connectivity index (χ3n) is 6.82. The summed E-state index contributed by atoms with van der Waals surface area (Å²) in [6.07, 6.45) is -4.38. The highest BCUT2D eigenvalue weighted by atomic mass is 16.5. The molecule has 0 unspecified atom stereocenters. The van der Waals surface area contributed by atoms with Crippen LogP contribution in [0.5, 0.6) is 0 Å². The molecule has 0 aliphatic carbocycles. The smallest absolute Gasteiger partial charge is 0.414 e. The topological polar surface area (TPSA) is 200 Å². The number of amides is 5. The van der Waals surface area contributed by atoms with Gasteiger partial charge in [-0.2, -0.15) is 0 Å². The van der Waals surface area contributed by atoms with Gasteiger partial charge in [0.2, 0.25) is 17.7 Å². The molecule has 2 aromatic rings. The Balaban J connectivity index is 1.65. The predicted molar refractivity (Wildman–Crippen MR) is 159 cm³/mol. The standard InChI is InChI=1S/C31H41N5O8/c1-31(2,3)35-28(41)24-15-21(37)17-36(24)29(42)26(39)23(14-19-10-6-4-7-11-19)33-27(40)22(32)16-25(38)34-30(43)44-18-20-12-8-5-9-13-20/h4-13,21-24,26,37,39H,14-18,32H2,1-3H3,(H,33,40)(H,35,41)(H,34,38,43)/t21-,22-,23-,24-,26-/m0/s1. The Morgan fingerprint density at radius 2 is 1.59 bits per heavy atom. The molecule has 0 spiro atoms. The van der Waals surface area contributed by atoms with Crippen LogP contribution in [0, 0.1) is 0 Å². The molecule has 3 rings (SSSR count). The molecule has 1 aliphatic heterocycles. The average molecular weight is 612 g/mol. The zero-order chi connectivity index (χ0) is 32.4. The molecule has 1 saturated heterocycles. The fraction of sp³-hybridized carbons (Fsp3) is 0.452. The molecule has 1 heterocycles. The van der Waals surface area contributed by atoms with Crippen molar-refractivity contribution in [2.45, 2.75) is 82.5 Å². The minimum absolute atomic E-state index is 0.0101. The highest BCUT2D eigenvalue weighted by Crippen LogP contribution is 2.22. The van der Waals surface area contributed by atoms with Gasteiger partial charge in [0.05, 0.1) is 24.6 Å². The highest BCUT2D eigenvalue weighted by molar-refractivity contribution is 5.96. The van der Waals surface area contributed by atoms with Crippen molar-refractivity contribution in [3.63, 3.8) is 0 Å². The molecule has 13 heteroatoms. The van der Waals surface area contributed by atoms with Crippen LogP contribution in [0.25, 0.3) is 0 Å². The molecule has 7 N–H and O–H groups in total. The van der Waals surface area contributed by atoms with E-state index in [9.17, 15) is 34.2 Å². The third kappa shape index (κ3) is 10.4. The quantitative estimate of drug-likeness (QED) is 0.204. The second-order valence-electron chi connectivity index (χ2n) is 11.8. The van der Waals surface area contributed by atoms with Crippen LogP contribution in [0.3, 0.4) is 0 Å². The van der Waals surface area contributed by atoms with Crippen molar-refractivity contribution in [2.75, 3.05) is 6.54 Å². The SMILES string of the molecule is CC(C)(C)NC(=O)[C@@H]1C[C@H](O)CN1C(=O)[C@@H](O)[C@H](Cc1ccccc1)NC(=O)[C@@H](N)CC(=O)NC(=O)OCc1ccccc1. The van der Waals surface area contributed by atoms with Gasteiger partial charge in [-0.1, -0.05) is 60.7 Å². The maximum absolute atomic E-state index is 13.5. The van der Waals surface area contributed by atoms with Gasteiger partial charge < -0.3 is 36.2 Å². The molecule has 0 bridgehead atoms. The lowest BCUT2D eigenvalue weighted by atomic mass is 9.99. The van der Waals surface area contributed by atoms with Gasteiger partial charge in [-0.15, -0.1) is 0 Å². The van der Waals surface area contributed by atoms with Crippen LogP contribution in [-0.2, 0) is 36.9 Å². The van der Waals surface area contributed by atoms with Gasteiger partial charge in [-0.05, 0) is 38.3 Å². The van der Waals surface area contributed by atoms with Crippen molar-refractivity contribution in [3.05, 3.63) is 71.8 Å². The number of imide groups is 1. The van der Waals surface area contributed by atoms with E-state index >= 15 is 0 Å². The van der Waals surface area contributed by atoms with Gasteiger partial charge in [-0.25, -0.2) is 4.79 Å². The number of nitrogens with zero attached hydrogens (tertiary/aromatic N) is 1. The lowest BCUT2D eigenvalue weighted by Crippen LogP contribution is -2.58. The zero-order valence-electron chi connectivity index (χ0n) is 25.1. The number of β-amino-alcohol motifs (C(OH)–C–C–N with tert-alkyl or cyclic N) is 1. The largest absolute Gasteiger partial charge is 0.444 e. The van der Waals surface area contributed by atoms with Gasteiger partial charge in [-0.3, -0.25) is 24.5 Å². The number of aliphatic hydroxyl groups excluding tert-OH is 2. The fourth-order valence-electron chi connectivity index (χ4n) is 4.72. The van der Waals surface area contributed by atoms with Crippen molar-refractivity contribution in [2.24, 2.45) is 5.73 Å². The second kappa shape index (κ2) is 15.4. The Morgan fingerprint density at radius 3 is 2.18 bits per heavy atom. The minimum Gasteiger partial charge on any atom is -0.444 e. The number of aliphatic hydroxyl groups is 2. The summed E-state index contributed by atoms with van der Waals surface area (Å²) in [5.41, 5.74) is 6.75. The van der Waals surface area contributed by atoms with Crippen molar-refractivity contribution >= 4 is 29.7 Å². The van der Waals surface area contributed by atoms with E-state index in [4.69, 9.17) is 10.5 Å². The van der Waals surface area contributed by atoms with Crippen LogP contribution in [0.4, 0.5) is 4.79 Å². The summed E-state index contributed by atoms with van der Waals surface area (Å²) in [7, 11) is 0. The van der Waals surface area contributed by atoms with Crippen LogP contribution in [-0.4, -0.2) is 87.3 Å². The Kier molecular flexibility index (Phi) is 12.0. The van der Waals surface area contributed by atoms with E-state index < -0.39 is 72.0 Å². The Labute approximate surface area is 256 Å². The molecular weight excluding hydrogens is 570 g/mol. The van der Waals surface area contributed by atoms with Crippen LogP contribution in [0.15, 0.2) is 60.7 Å². The van der Waals surface area contributed by atoms with Gasteiger partial charge in [0, 0.05) is 18.5 Å². The van der Waals surface area contributed by atoms with Crippen molar-refractivity contribution < 1.29 is 38.9 Å². The Morgan fingerprint density at radius 1 is 1.00 bits per heavy atom. The van der Waals surface area contributed by atoms with Gasteiger partial charge in [0.15, 0.2) is 6.10 Å². The molecule has 0 radical (unpaired) electrons. The monoisotopic (exact) mass is 611 g/mol. The summed E-state index contributed by atoms with van der Waals surface area (Å²) in [6, 6.07) is 13.9. The van der Waals surface area contributed by atoms with Gasteiger partial charge >= 0.3 is 6.09 Å². The molecule has 13 nitrogen and oxygen atoms in total. The van der Waals surface area contributed by atoms with E-state index in [1.54, 1.807) is 81.4 Å². The second-order valence-corrected chi connectivity index (χ2v) is 11.8. The molecule has 2 aromatic carbocycles. The lowest BCUT2D eigenvalue weighted by Gasteiger charge is -2.32. The van der Waals surface area contributed by atoms with E-state index in [0.717, 1.165) is 4.90 Å². The number of likely N-dealkylation sites (tertiary alicyclic amines) is 1. The summed E-state index contributed by atoms with van der Waals surface area (Å²) in [6.45, 7) is 5.09. The average Bonchev–Trinajstić information content (AvgIpc) is 3.36. The molecule has 44 heavy (non-hydrogen) atoms. The van der Waals surface area contributed by atoms with Crippen LogP contribution in [0.1, 0.15) is 44.7 Å². The van der Waals surface area contributed by atoms with E-state index in [1.165, 1.54) is 0 Å². The number of hydrogen-bond acceptors (Lipinski definition) is 9. The van der Waals surface area contributed by atoms with Gasteiger partial charge in [0.25, 0.3) is 5.91 Å². The Hall–Kier alpha value is -4.33. The lowest BCUT2D eigenvalue weighted by molar-refractivity contribution is -0.147. The first-order valence-corrected chi connectivity index (χ1v) is 14.3. The summed E-state index contributed by atoms with van der Waals surface area (Å²) < 4.78 is 5.00. The van der Waals surface area contributed by atoms with E-state index in [-0.39, 0.29) is 26.0 Å². The number of ether oxygens (including phenoxy) is 1. The maximum Gasteiger partial charge on any atom is 0.414 e. The van der Waals surface area contributed by atoms with Gasteiger partial charge in [0.1, 0.15) is 12.6 Å². The predicted octanol–water partition coefficient (Wildman–Crippen LogP) is 0.122.